The number of carbonyl (C=O) groups excluding carboxylic acids is 1. The molecule has 2 aromatic rings. The van der Waals surface area contributed by atoms with Crippen LogP contribution in [0.5, 0.6) is 0 Å². The number of aliphatic imine (C=N–C) groups is 2. The number of allylic oxidation sites excluding steroid dienone is 1. The summed E-state index contributed by atoms with van der Waals surface area (Å²) in [6.45, 7) is 0.286. The first-order valence-electron chi connectivity index (χ1n) is 11.3. The summed E-state index contributed by atoms with van der Waals surface area (Å²) in [5.74, 6) is -0.346. The van der Waals surface area contributed by atoms with Crippen molar-refractivity contribution in [2.24, 2.45) is 17.0 Å². The van der Waals surface area contributed by atoms with Gasteiger partial charge in [-0.3, -0.25) is 4.79 Å². The van der Waals surface area contributed by atoms with Gasteiger partial charge in [0.2, 0.25) is 5.96 Å². The highest BCUT2D eigenvalue weighted by atomic mass is 32.2. The normalized spacial score (nSPS) is 26.5. The summed E-state index contributed by atoms with van der Waals surface area (Å²) >= 11 is 1.61. The van der Waals surface area contributed by atoms with Crippen LogP contribution in [-0.4, -0.2) is 61.8 Å². The Kier molecular flexibility index (Phi) is 5.21. The quantitative estimate of drug-likeness (QED) is 0.712. The first-order valence-corrected chi connectivity index (χ1v) is 12.2. The second kappa shape index (κ2) is 8.16. The Morgan fingerprint density at radius 2 is 2.06 bits per heavy atom. The van der Waals surface area contributed by atoms with Crippen molar-refractivity contribution in [3.05, 3.63) is 47.5 Å². The van der Waals surface area contributed by atoms with Crippen molar-refractivity contribution in [2.45, 2.75) is 48.8 Å². The van der Waals surface area contributed by atoms with Gasteiger partial charge in [0.05, 0.1) is 16.6 Å². The molecule has 178 valence electrons. The summed E-state index contributed by atoms with van der Waals surface area (Å²) in [5.41, 5.74) is 4.31. The van der Waals surface area contributed by atoms with Gasteiger partial charge in [0.15, 0.2) is 0 Å². The van der Waals surface area contributed by atoms with Gasteiger partial charge >= 0.3 is 0 Å². The topological polar surface area (TPSA) is 65.2 Å². The first-order chi connectivity index (χ1) is 16.4. The molecule has 3 atom stereocenters. The standard InChI is InChI=1S/C23H23F3N6OS/c1-30-7-6-12-8-13(9-15(24)20(12)30)22(33)31-14-2-4-18(34-19(31)5-3-14)17-10-16(21(25)26)29-23-27-11-28-32(17)23/h6-10,14,18-19,21,28H,2-5,11H2,1H3/t14?,18-,19?/m1/s1. The highest BCUT2D eigenvalue weighted by Crippen LogP contribution is 2.45. The fraction of sp³-hybridized carbons (Fsp3) is 0.435. The highest BCUT2D eigenvalue weighted by Gasteiger charge is 2.44. The van der Waals surface area contributed by atoms with E-state index in [0.717, 1.165) is 25.7 Å². The number of thioether (sulfide) groups is 1. The molecule has 2 saturated heterocycles. The van der Waals surface area contributed by atoms with Crippen LogP contribution in [0.1, 0.15) is 36.0 Å². The highest BCUT2D eigenvalue weighted by molar-refractivity contribution is 8.00. The van der Waals surface area contributed by atoms with Gasteiger partial charge in [0, 0.05) is 35.5 Å². The Balaban J connectivity index is 1.29. The number of alkyl halides is 2. The molecule has 1 N–H and O–H groups in total. The Bertz CT molecular complexity index is 1270. The zero-order valence-electron chi connectivity index (χ0n) is 18.4. The van der Waals surface area contributed by atoms with Gasteiger partial charge in [-0.15, -0.1) is 11.8 Å². The minimum absolute atomic E-state index is 0.0385. The van der Waals surface area contributed by atoms with Crippen molar-refractivity contribution in [2.75, 3.05) is 6.67 Å². The maximum absolute atomic E-state index is 14.8. The first kappa shape index (κ1) is 21.7. The largest absolute Gasteiger partial charge is 0.348 e. The molecule has 0 radical (unpaired) electrons. The molecule has 2 fully saturated rings. The number of halogens is 3. The number of benzene rings is 1. The molecule has 4 aliphatic heterocycles. The number of rotatable bonds is 3. The monoisotopic (exact) mass is 488 g/mol. The van der Waals surface area contributed by atoms with Crippen LogP contribution in [0, 0.1) is 5.82 Å². The molecule has 6 rings (SSSR count). The van der Waals surface area contributed by atoms with E-state index in [1.807, 2.05) is 4.90 Å². The van der Waals surface area contributed by atoms with E-state index >= 15 is 0 Å². The number of guanidine groups is 1. The number of nitrogens with one attached hydrogen (secondary N) is 1. The maximum atomic E-state index is 14.8. The Labute approximate surface area is 198 Å². The van der Waals surface area contributed by atoms with Crippen molar-refractivity contribution in [1.82, 2.24) is 19.9 Å². The molecule has 0 spiro atoms. The third kappa shape index (κ3) is 3.44. The summed E-state index contributed by atoms with van der Waals surface area (Å²) < 4.78 is 43.5. The minimum atomic E-state index is -2.69. The molecule has 1 aromatic carbocycles. The van der Waals surface area contributed by atoms with Gasteiger partial charge in [-0.05, 0) is 50.0 Å². The second-order valence-corrected chi connectivity index (χ2v) is 10.3. The third-order valence-electron chi connectivity index (χ3n) is 6.92. The number of hydrogen-bond donors (Lipinski definition) is 1. The van der Waals surface area contributed by atoms with E-state index in [2.05, 4.69) is 15.4 Å². The lowest BCUT2D eigenvalue weighted by Gasteiger charge is -2.32. The number of hydrazine groups is 1. The van der Waals surface area contributed by atoms with Crippen LogP contribution in [0.3, 0.4) is 0 Å². The van der Waals surface area contributed by atoms with Crippen LogP contribution in [0.25, 0.3) is 10.9 Å². The van der Waals surface area contributed by atoms with Crippen molar-refractivity contribution in [3.63, 3.8) is 0 Å². The Hall–Kier alpha value is -2.79. The smallest absolute Gasteiger partial charge is 0.280 e. The molecule has 2 unspecified atom stereocenters. The van der Waals surface area contributed by atoms with E-state index < -0.39 is 12.2 Å². The molecule has 5 heterocycles. The lowest BCUT2D eigenvalue weighted by atomic mass is 10.0. The summed E-state index contributed by atoms with van der Waals surface area (Å²) in [6, 6.07) is 4.91. The van der Waals surface area contributed by atoms with Crippen LogP contribution >= 0.6 is 11.8 Å². The van der Waals surface area contributed by atoms with Gasteiger partial charge in [-0.25, -0.2) is 33.6 Å². The number of amides is 1. The predicted molar refractivity (Wildman–Crippen MR) is 125 cm³/mol. The Morgan fingerprint density at radius 1 is 1.24 bits per heavy atom. The molecule has 11 heteroatoms. The molecule has 2 bridgehead atoms. The minimum Gasteiger partial charge on any atom is -0.348 e. The lowest BCUT2D eigenvalue weighted by molar-refractivity contribution is 0.0716. The molecule has 1 aromatic heterocycles. The second-order valence-electron chi connectivity index (χ2n) is 8.94. The molecule has 0 aliphatic carbocycles. The van der Waals surface area contributed by atoms with E-state index in [4.69, 9.17) is 0 Å². The number of hydrogen-bond acceptors (Lipinski definition) is 6. The van der Waals surface area contributed by atoms with Crippen LogP contribution in [0.15, 0.2) is 46.2 Å². The number of fused-ring (bicyclic) bond motifs is 4. The zero-order chi connectivity index (χ0) is 23.6. The molecule has 4 aliphatic rings. The molecule has 34 heavy (non-hydrogen) atoms. The van der Waals surface area contributed by atoms with Gasteiger partial charge in [-0.1, -0.05) is 0 Å². The van der Waals surface area contributed by atoms with Gasteiger partial charge < -0.3 is 9.47 Å². The summed E-state index contributed by atoms with van der Waals surface area (Å²) in [7, 11) is 1.77. The molecule has 0 saturated carbocycles. The third-order valence-corrected chi connectivity index (χ3v) is 8.51. The molecule has 1 amide bonds. The summed E-state index contributed by atoms with van der Waals surface area (Å²) in [5, 5.41) is 2.17. The van der Waals surface area contributed by atoms with Crippen molar-refractivity contribution < 1.29 is 18.0 Å². The number of carbonyl (C=O) groups is 1. The van der Waals surface area contributed by atoms with Crippen LogP contribution in [-0.2, 0) is 7.05 Å². The van der Waals surface area contributed by atoms with Crippen LogP contribution in [0.2, 0.25) is 0 Å². The lowest BCUT2D eigenvalue weighted by Crippen LogP contribution is -2.43. The Morgan fingerprint density at radius 3 is 2.88 bits per heavy atom. The fourth-order valence-electron chi connectivity index (χ4n) is 5.36. The van der Waals surface area contributed by atoms with E-state index in [0.29, 0.717) is 22.2 Å². The van der Waals surface area contributed by atoms with E-state index in [-0.39, 0.29) is 40.9 Å². The van der Waals surface area contributed by atoms with Crippen LogP contribution in [0.4, 0.5) is 13.2 Å². The SMILES string of the molecule is Cn1ccc2cc(C(=O)N3C4CCC3S[C@@H](C3=CC(C(F)F)=NC5=NCNN35)CC4)cc(F)c21. The average molecular weight is 489 g/mol. The number of aryl methyl sites for hydroxylation is 1. The van der Waals surface area contributed by atoms with Crippen molar-refractivity contribution >= 4 is 40.2 Å². The van der Waals surface area contributed by atoms with E-state index in [9.17, 15) is 18.0 Å². The van der Waals surface area contributed by atoms with Gasteiger partial charge in [0.25, 0.3) is 12.3 Å². The predicted octanol–water partition coefficient (Wildman–Crippen LogP) is 3.88. The molecular formula is C23H23F3N6OS. The number of aromatic nitrogens is 1. The summed E-state index contributed by atoms with van der Waals surface area (Å²) in [4.78, 5) is 23.6. The summed E-state index contributed by atoms with van der Waals surface area (Å²) in [6.07, 6.45) is 3.70. The van der Waals surface area contributed by atoms with Gasteiger partial charge in [-0.2, -0.15) is 0 Å². The van der Waals surface area contributed by atoms with E-state index in [1.54, 1.807) is 46.7 Å². The van der Waals surface area contributed by atoms with Crippen molar-refractivity contribution in [1.29, 1.82) is 0 Å². The maximum Gasteiger partial charge on any atom is 0.280 e. The van der Waals surface area contributed by atoms with Crippen molar-refractivity contribution in [3.8, 4) is 0 Å². The average Bonchev–Trinajstić information content (AvgIpc) is 3.49. The van der Waals surface area contributed by atoms with Crippen LogP contribution < -0.4 is 5.43 Å². The number of nitrogens with zero attached hydrogens (tertiary/aromatic N) is 5. The molecular weight excluding hydrogens is 465 g/mol. The molecule has 7 nitrogen and oxygen atoms in total. The van der Waals surface area contributed by atoms with E-state index in [1.165, 1.54) is 12.1 Å². The fourth-order valence-corrected chi connectivity index (χ4v) is 7.00. The zero-order valence-corrected chi connectivity index (χ0v) is 19.2. The van der Waals surface area contributed by atoms with Gasteiger partial charge in [0.1, 0.15) is 18.2 Å².